The summed E-state index contributed by atoms with van der Waals surface area (Å²) >= 11 is 0. The van der Waals surface area contributed by atoms with E-state index in [0.29, 0.717) is 19.0 Å². The van der Waals surface area contributed by atoms with Gasteiger partial charge in [-0.3, -0.25) is 9.69 Å². The van der Waals surface area contributed by atoms with Crippen molar-refractivity contribution in [3.63, 3.8) is 0 Å². The lowest BCUT2D eigenvalue weighted by atomic mass is 10.2. The zero-order chi connectivity index (χ0) is 13.8. The van der Waals surface area contributed by atoms with Gasteiger partial charge in [-0.15, -0.1) is 0 Å². The van der Waals surface area contributed by atoms with E-state index in [0.717, 1.165) is 12.8 Å². The summed E-state index contributed by atoms with van der Waals surface area (Å²) in [6, 6.07) is -0.222. The molecule has 1 rings (SSSR count). The van der Waals surface area contributed by atoms with Gasteiger partial charge in [0, 0.05) is 12.6 Å². The molecule has 1 fully saturated rings. The van der Waals surface area contributed by atoms with E-state index in [1.807, 2.05) is 0 Å². The van der Waals surface area contributed by atoms with Crippen molar-refractivity contribution in [1.82, 2.24) is 10.2 Å². The normalized spacial score (nSPS) is 18.1. The van der Waals surface area contributed by atoms with E-state index in [9.17, 15) is 18.0 Å². The Balaban J connectivity index is 2.35. The van der Waals surface area contributed by atoms with E-state index in [1.54, 1.807) is 6.92 Å². The van der Waals surface area contributed by atoms with Crippen molar-refractivity contribution in [2.24, 2.45) is 5.73 Å². The Morgan fingerprint density at radius 2 is 2.11 bits per heavy atom. The second-order valence-corrected chi connectivity index (χ2v) is 4.67. The van der Waals surface area contributed by atoms with E-state index in [1.165, 1.54) is 4.90 Å². The maximum Gasteiger partial charge on any atom is 0.401 e. The Kier molecular flexibility index (Phi) is 5.40. The van der Waals surface area contributed by atoms with Gasteiger partial charge >= 0.3 is 6.18 Å². The topological polar surface area (TPSA) is 58.4 Å². The molecule has 0 aromatic heterocycles. The minimum absolute atomic E-state index is 0.212. The number of nitrogens with zero attached hydrogens (tertiary/aromatic N) is 1. The molecule has 0 aliphatic heterocycles. The number of hydrogen-bond donors (Lipinski definition) is 2. The largest absolute Gasteiger partial charge is 0.401 e. The Labute approximate surface area is 105 Å². The second-order valence-electron chi connectivity index (χ2n) is 4.67. The SMILES string of the molecule is CCN(CCC(NC1CC1)C(N)=O)CC(F)(F)F. The number of halogens is 3. The molecular weight excluding hydrogens is 247 g/mol. The zero-order valence-corrected chi connectivity index (χ0v) is 10.5. The summed E-state index contributed by atoms with van der Waals surface area (Å²) in [5.41, 5.74) is 5.23. The molecule has 3 N–H and O–H groups in total. The first kappa shape index (κ1) is 15.2. The number of carbonyl (C=O) groups is 1. The van der Waals surface area contributed by atoms with Gasteiger partial charge in [-0.25, -0.2) is 0 Å². The molecule has 1 unspecified atom stereocenters. The van der Waals surface area contributed by atoms with Crippen molar-refractivity contribution < 1.29 is 18.0 Å². The maximum absolute atomic E-state index is 12.2. The molecule has 0 radical (unpaired) electrons. The summed E-state index contributed by atoms with van der Waals surface area (Å²) in [6.07, 6.45) is -1.88. The standard InChI is InChI=1S/C11H20F3N3O/c1-2-17(7-11(12,13)14)6-5-9(10(15)18)16-8-3-4-8/h8-9,16H,2-7H2,1H3,(H2,15,18). The molecule has 1 amide bonds. The number of carbonyl (C=O) groups excluding carboxylic acids is 1. The van der Waals surface area contributed by atoms with Crippen molar-refractivity contribution in [1.29, 1.82) is 0 Å². The summed E-state index contributed by atoms with van der Waals surface area (Å²) in [5, 5.41) is 3.05. The van der Waals surface area contributed by atoms with Gasteiger partial charge in [-0.2, -0.15) is 13.2 Å². The van der Waals surface area contributed by atoms with E-state index in [2.05, 4.69) is 5.32 Å². The molecule has 0 bridgehead atoms. The van der Waals surface area contributed by atoms with Crippen molar-refractivity contribution in [3.05, 3.63) is 0 Å². The fraction of sp³-hybridized carbons (Fsp3) is 0.909. The van der Waals surface area contributed by atoms with Gasteiger partial charge in [0.15, 0.2) is 0 Å². The van der Waals surface area contributed by atoms with E-state index in [4.69, 9.17) is 5.73 Å². The van der Waals surface area contributed by atoms with Crippen LogP contribution in [0.2, 0.25) is 0 Å². The lowest BCUT2D eigenvalue weighted by molar-refractivity contribution is -0.145. The van der Waals surface area contributed by atoms with Gasteiger partial charge in [0.25, 0.3) is 0 Å². The Bertz CT molecular complexity index is 279. The molecule has 4 nitrogen and oxygen atoms in total. The fourth-order valence-corrected chi connectivity index (χ4v) is 1.76. The van der Waals surface area contributed by atoms with Crippen molar-refractivity contribution in [3.8, 4) is 0 Å². The smallest absolute Gasteiger partial charge is 0.368 e. The fourth-order valence-electron chi connectivity index (χ4n) is 1.76. The van der Waals surface area contributed by atoms with E-state index >= 15 is 0 Å². The molecule has 1 aliphatic rings. The number of nitrogens with two attached hydrogens (primary N) is 1. The highest BCUT2D eigenvalue weighted by Crippen LogP contribution is 2.20. The average molecular weight is 267 g/mol. The van der Waals surface area contributed by atoms with Gasteiger partial charge in [0.1, 0.15) is 0 Å². The number of hydrogen-bond acceptors (Lipinski definition) is 3. The molecule has 1 aliphatic carbocycles. The minimum atomic E-state index is -4.21. The van der Waals surface area contributed by atoms with Crippen LogP contribution in [-0.2, 0) is 4.79 Å². The van der Waals surface area contributed by atoms with Crippen molar-refractivity contribution in [2.75, 3.05) is 19.6 Å². The van der Waals surface area contributed by atoms with Gasteiger partial charge in [0.05, 0.1) is 12.6 Å². The first-order valence-corrected chi connectivity index (χ1v) is 6.16. The molecule has 18 heavy (non-hydrogen) atoms. The Morgan fingerprint density at radius 1 is 1.50 bits per heavy atom. The Morgan fingerprint density at radius 3 is 2.50 bits per heavy atom. The number of nitrogens with one attached hydrogen (secondary N) is 1. The van der Waals surface area contributed by atoms with Crippen molar-refractivity contribution in [2.45, 2.75) is 44.4 Å². The average Bonchev–Trinajstić information content (AvgIpc) is 3.03. The molecule has 7 heteroatoms. The van der Waals surface area contributed by atoms with Crippen LogP contribution in [0.3, 0.4) is 0 Å². The molecule has 0 heterocycles. The first-order chi connectivity index (χ1) is 8.31. The molecule has 0 saturated heterocycles. The monoisotopic (exact) mass is 267 g/mol. The van der Waals surface area contributed by atoms with Crippen LogP contribution in [0.5, 0.6) is 0 Å². The molecule has 1 saturated carbocycles. The Hall–Kier alpha value is -0.820. The highest BCUT2D eigenvalue weighted by molar-refractivity contribution is 5.79. The number of rotatable bonds is 8. The summed E-state index contributed by atoms with van der Waals surface area (Å²) in [6.45, 7) is 1.23. The van der Waals surface area contributed by atoms with Crippen LogP contribution in [-0.4, -0.2) is 48.7 Å². The summed E-state index contributed by atoms with van der Waals surface area (Å²) in [7, 11) is 0. The van der Waals surface area contributed by atoms with Crippen LogP contribution in [0.15, 0.2) is 0 Å². The van der Waals surface area contributed by atoms with Crippen LogP contribution >= 0.6 is 0 Å². The third-order valence-corrected chi connectivity index (χ3v) is 2.94. The number of primary amides is 1. The van der Waals surface area contributed by atoms with Gasteiger partial charge < -0.3 is 11.1 Å². The summed E-state index contributed by atoms with van der Waals surface area (Å²) in [4.78, 5) is 12.4. The summed E-state index contributed by atoms with van der Waals surface area (Å²) < 4.78 is 36.7. The van der Waals surface area contributed by atoms with Gasteiger partial charge in [-0.1, -0.05) is 6.92 Å². The molecule has 0 aromatic rings. The van der Waals surface area contributed by atoms with E-state index < -0.39 is 24.7 Å². The molecule has 106 valence electrons. The first-order valence-electron chi connectivity index (χ1n) is 6.16. The van der Waals surface area contributed by atoms with Crippen LogP contribution in [0.4, 0.5) is 13.2 Å². The zero-order valence-electron chi connectivity index (χ0n) is 10.5. The molecule has 0 aromatic carbocycles. The van der Waals surface area contributed by atoms with Crippen LogP contribution < -0.4 is 11.1 Å². The molecule has 0 spiro atoms. The predicted molar refractivity (Wildman–Crippen MR) is 61.9 cm³/mol. The number of amides is 1. The summed E-state index contributed by atoms with van der Waals surface area (Å²) in [5.74, 6) is -0.495. The van der Waals surface area contributed by atoms with Crippen molar-refractivity contribution >= 4 is 5.91 Å². The molecule has 1 atom stereocenters. The molecular formula is C11H20F3N3O. The maximum atomic E-state index is 12.2. The van der Waals surface area contributed by atoms with Gasteiger partial charge in [0.2, 0.25) is 5.91 Å². The third-order valence-electron chi connectivity index (χ3n) is 2.94. The van der Waals surface area contributed by atoms with Gasteiger partial charge in [-0.05, 0) is 25.8 Å². The van der Waals surface area contributed by atoms with Crippen LogP contribution in [0.25, 0.3) is 0 Å². The third kappa shape index (κ3) is 6.20. The lowest BCUT2D eigenvalue weighted by Gasteiger charge is -2.24. The van der Waals surface area contributed by atoms with Crippen LogP contribution in [0, 0.1) is 0 Å². The highest BCUT2D eigenvalue weighted by Gasteiger charge is 2.31. The van der Waals surface area contributed by atoms with E-state index in [-0.39, 0.29) is 6.54 Å². The van der Waals surface area contributed by atoms with Crippen LogP contribution in [0.1, 0.15) is 26.2 Å². The lowest BCUT2D eigenvalue weighted by Crippen LogP contribution is -2.45. The highest BCUT2D eigenvalue weighted by atomic mass is 19.4. The number of alkyl halides is 3. The minimum Gasteiger partial charge on any atom is -0.368 e. The second kappa shape index (κ2) is 6.38. The quantitative estimate of drug-likeness (QED) is 0.686. The predicted octanol–water partition coefficient (Wildman–Crippen LogP) is 0.867.